The van der Waals surface area contributed by atoms with Crippen molar-refractivity contribution in [2.24, 2.45) is 0 Å². The van der Waals surface area contributed by atoms with Crippen LogP contribution in [0.5, 0.6) is 5.75 Å². The summed E-state index contributed by atoms with van der Waals surface area (Å²) in [7, 11) is 0. The van der Waals surface area contributed by atoms with E-state index in [1.54, 1.807) is 16.8 Å². The molecular weight excluding hydrogens is 312 g/mol. The van der Waals surface area contributed by atoms with Gasteiger partial charge in [-0.1, -0.05) is 48.5 Å². The molecule has 4 heteroatoms. The molecule has 0 radical (unpaired) electrons. The number of aryl methyl sites for hydroxylation is 1. The maximum absolute atomic E-state index is 12.5. The highest BCUT2D eigenvalue weighted by atomic mass is 16.5. The van der Waals surface area contributed by atoms with E-state index in [1.807, 2.05) is 66.7 Å². The number of nitrogens with zero attached hydrogens (tertiary/aromatic N) is 1. The Balaban J connectivity index is 1.53. The van der Waals surface area contributed by atoms with Crippen molar-refractivity contribution in [3.05, 3.63) is 94.9 Å². The zero-order chi connectivity index (χ0) is 17.3. The summed E-state index contributed by atoms with van der Waals surface area (Å²) in [6.45, 7) is 1.86. The Morgan fingerprint density at radius 3 is 2.36 bits per heavy atom. The van der Waals surface area contributed by atoms with Crippen LogP contribution in [-0.2, 0) is 13.2 Å². The molecule has 2 aromatic carbocycles. The van der Waals surface area contributed by atoms with Gasteiger partial charge in [0.05, 0.1) is 0 Å². The van der Waals surface area contributed by atoms with Gasteiger partial charge in [-0.05, 0) is 36.2 Å². The second-order valence-corrected chi connectivity index (χ2v) is 5.79. The van der Waals surface area contributed by atoms with E-state index in [2.05, 4.69) is 5.32 Å². The maximum atomic E-state index is 12.5. The van der Waals surface area contributed by atoms with E-state index >= 15 is 0 Å². The van der Waals surface area contributed by atoms with E-state index in [1.165, 1.54) is 0 Å². The van der Waals surface area contributed by atoms with Gasteiger partial charge in [0.1, 0.15) is 6.61 Å². The fourth-order valence-electron chi connectivity index (χ4n) is 2.57. The van der Waals surface area contributed by atoms with E-state index in [-0.39, 0.29) is 5.56 Å². The van der Waals surface area contributed by atoms with Crippen molar-refractivity contribution in [2.75, 3.05) is 11.9 Å². The molecule has 4 nitrogen and oxygen atoms in total. The largest absolute Gasteiger partial charge is 0.483 e. The molecule has 0 aliphatic heterocycles. The van der Waals surface area contributed by atoms with Crippen LogP contribution in [0.1, 0.15) is 12.0 Å². The van der Waals surface area contributed by atoms with Crippen LogP contribution in [0, 0.1) is 0 Å². The van der Waals surface area contributed by atoms with Gasteiger partial charge in [-0.3, -0.25) is 4.79 Å². The van der Waals surface area contributed by atoms with Crippen molar-refractivity contribution < 1.29 is 4.74 Å². The highest BCUT2D eigenvalue weighted by Crippen LogP contribution is 2.08. The van der Waals surface area contributed by atoms with Crippen molar-refractivity contribution >= 4 is 5.69 Å². The zero-order valence-electron chi connectivity index (χ0n) is 14.1. The first-order valence-corrected chi connectivity index (χ1v) is 8.48. The van der Waals surface area contributed by atoms with Gasteiger partial charge in [0, 0.05) is 25.0 Å². The zero-order valence-corrected chi connectivity index (χ0v) is 14.1. The number of hydrogen-bond donors (Lipinski definition) is 1. The Bertz CT molecular complexity index is 829. The maximum Gasteiger partial charge on any atom is 0.292 e. The Morgan fingerprint density at radius 2 is 1.60 bits per heavy atom. The lowest BCUT2D eigenvalue weighted by Gasteiger charge is -2.10. The molecule has 0 aliphatic carbocycles. The summed E-state index contributed by atoms with van der Waals surface area (Å²) in [5.74, 6) is 0.391. The molecule has 0 aliphatic rings. The van der Waals surface area contributed by atoms with Crippen LogP contribution < -0.4 is 15.6 Å². The van der Waals surface area contributed by atoms with Gasteiger partial charge < -0.3 is 14.6 Å². The Morgan fingerprint density at radius 1 is 0.880 bits per heavy atom. The quantitative estimate of drug-likeness (QED) is 0.635. The number of benzene rings is 2. The fourth-order valence-corrected chi connectivity index (χ4v) is 2.57. The number of ether oxygens (including phenoxy) is 1. The highest BCUT2D eigenvalue weighted by Gasteiger charge is 2.04. The average Bonchev–Trinajstić information content (AvgIpc) is 2.67. The van der Waals surface area contributed by atoms with Crippen LogP contribution in [0.2, 0.25) is 0 Å². The Hall–Kier alpha value is -3.01. The minimum absolute atomic E-state index is 0.0851. The molecular formula is C21H22N2O2. The van der Waals surface area contributed by atoms with Crippen LogP contribution in [0.4, 0.5) is 5.69 Å². The summed E-state index contributed by atoms with van der Waals surface area (Å²) in [5, 5.41) is 3.35. The van der Waals surface area contributed by atoms with E-state index in [0.29, 0.717) is 18.9 Å². The van der Waals surface area contributed by atoms with Crippen molar-refractivity contribution in [2.45, 2.75) is 19.6 Å². The highest BCUT2D eigenvalue weighted by molar-refractivity contribution is 5.42. The molecule has 1 aromatic heterocycles. The van der Waals surface area contributed by atoms with Crippen LogP contribution in [0.3, 0.4) is 0 Å². The number of hydrogen-bond acceptors (Lipinski definition) is 3. The molecule has 0 fully saturated rings. The van der Waals surface area contributed by atoms with Crippen molar-refractivity contribution in [3.8, 4) is 5.75 Å². The van der Waals surface area contributed by atoms with Crippen molar-refractivity contribution in [1.29, 1.82) is 0 Å². The Kier molecular flexibility index (Phi) is 5.88. The summed E-state index contributed by atoms with van der Waals surface area (Å²) in [6.07, 6.45) is 2.66. The first-order valence-electron chi connectivity index (χ1n) is 8.48. The number of para-hydroxylation sites is 1. The topological polar surface area (TPSA) is 43.3 Å². The Labute approximate surface area is 147 Å². The number of rotatable bonds is 8. The smallest absolute Gasteiger partial charge is 0.292 e. The predicted octanol–water partition coefficient (Wildman–Crippen LogP) is 3.93. The average molecular weight is 334 g/mol. The summed E-state index contributed by atoms with van der Waals surface area (Å²) in [5.41, 5.74) is 2.05. The molecule has 25 heavy (non-hydrogen) atoms. The molecule has 1 heterocycles. The standard InChI is InChI=1S/C21H22N2O2/c24-21-20(25-17-18-9-3-1-4-10-18)13-7-15-23(21)16-8-14-22-19-11-5-2-6-12-19/h1-7,9-13,15,22H,8,14,16-17H2. The van der Waals surface area contributed by atoms with Gasteiger partial charge in [-0.15, -0.1) is 0 Å². The normalized spacial score (nSPS) is 10.4. The van der Waals surface area contributed by atoms with E-state index < -0.39 is 0 Å². The third-order valence-electron chi connectivity index (χ3n) is 3.90. The van der Waals surface area contributed by atoms with Crippen LogP contribution in [-0.4, -0.2) is 11.1 Å². The molecule has 1 N–H and O–H groups in total. The fraction of sp³-hybridized carbons (Fsp3) is 0.190. The van der Waals surface area contributed by atoms with Crippen LogP contribution in [0.25, 0.3) is 0 Å². The lowest BCUT2D eigenvalue weighted by atomic mass is 10.2. The van der Waals surface area contributed by atoms with Crippen molar-refractivity contribution in [1.82, 2.24) is 4.57 Å². The van der Waals surface area contributed by atoms with Crippen molar-refractivity contribution in [3.63, 3.8) is 0 Å². The predicted molar refractivity (Wildman–Crippen MR) is 101 cm³/mol. The van der Waals surface area contributed by atoms with E-state index in [9.17, 15) is 4.79 Å². The number of pyridine rings is 1. The lowest BCUT2D eigenvalue weighted by Crippen LogP contribution is -2.22. The monoisotopic (exact) mass is 334 g/mol. The van der Waals surface area contributed by atoms with Gasteiger partial charge in [0.25, 0.3) is 5.56 Å². The van der Waals surface area contributed by atoms with Gasteiger partial charge in [0.2, 0.25) is 0 Å². The molecule has 3 rings (SSSR count). The third kappa shape index (κ3) is 4.98. The lowest BCUT2D eigenvalue weighted by molar-refractivity contribution is 0.299. The first-order chi connectivity index (χ1) is 12.3. The molecule has 0 bridgehead atoms. The molecule has 3 aromatic rings. The minimum atomic E-state index is -0.0851. The summed E-state index contributed by atoms with van der Waals surface area (Å²) in [4.78, 5) is 12.5. The summed E-state index contributed by atoms with van der Waals surface area (Å²) in [6, 6.07) is 23.5. The SMILES string of the molecule is O=c1c(OCc2ccccc2)cccn1CCCNc1ccccc1. The van der Waals surface area contributed by atoms with Crippen LogP contribution >= 0.6 is 0 Å². The molecule has 0 unspecified atom stereocenters. The van der Waals surface area contributed by atoms with Crippen LogP contribution in [0.15, 0.2) is 83.8 Å². The second kappa shape index (κ2) is 8.73. The molecule has 0 atom stereocenters. The number of nitrogens with one attached hydrogen (secondary N) is 1. The minimum Gasteiger partial charge on any atom is -0.483 e. The summed E-state index contributed by atoms with van der Waals surface area (Å²) >= 11 is 0. The van der Waals surface area contributed by atoms with Gasteiger partial charge >= 0.3 is 0 Å². The van der Waals surface area contributed by atoms with E-state index in [0.717, 1.165) is 24.2 Å². The first kappa shape index (κ1) is 16.8. The number of aromatic nitrogens is 1. The molecule has 0 spiro atoms. The molecule has 0 saturated carbocycles. The molecule has 128 valence electrons. The number of anilines is 1. The molecule has 0 amide bonds. The van der Waals surface area contributed by atoms with E-state index in [4.69, 9.17) is 4.74 Å². The van der Waals surface area contributed by atoms with Gasteiger partial charge in [0.15, 0.2) is 5.75 Å². The molecule has 0 saturated heterocycles. The summed E-state index contributed by atoms with van der Waals surface area (Å²) < 4.78 is 7.39. The third-order valence-corrected chi connectivity index (χ3v) is 3.90. The second-order valence-electron chi connectivity index (χ2n) is 5.79. The van der Waals surface area contributed by atoms with Gasteiger partial charge in [-0.25, -0.2) is 0 Å². The van der Waals surface area contributed by atoms with Gasteiger partial charge in [-0.2, -0.15) is 0 Å².